The Morgan fingerprint density at radius 1 is 1.44 bits per heavy atom. The molecule has 1 aliphatic heterocycles. The molecule has 1 aromatic rings. The van der Waals surface area contributed by atoms with Crippen LogP contribution in [0.2, 0.25) is 0 Å². The molecule has 0 aliphatic carbocycles. The summed E-state index contributed by atoms with van der Waals surface area (Å²) < 4.78 is 14.2. The average molecular weight is 313 g/mol. The van der Waals surface area contributed by atoms with Gasteiger partial charge in [0.05, 0.1) is 4.47 Å². The summed E-state index contributed by atoms with van der Waals surface area (Å²) in [5.74, 6) is -0.198. The number of hydrogen-bond acceptors (Lipinski definition) is 2. The Labute approximate surface area is 116 Å². The molecule has 0 amide bonds. The molecule has 2 nitrogen and oxygen atoms in total. The third-order valence-electron chi connectivity index (χ3n) is 3.31. The van der Waals surface area contributed by atoms with Crippen molar-refractivity contribution in [3.8, 4) is 0 Å². The Bertz CT molecular complexity index is 416. The van der Waals surface area contributed by atoms with Gasteiger partial charge in [-0.2, -0.15) is 0 Å². The highest BCUT2D eigenvalue weighted by molar-refractivity contribution is 9.10. The standard InChI is InChI=1S/C14H18BrFN2/c1-2-3-14(18-8-6-17-7-9-18)11-4-5-12(15)13(16)10-11/h2,4-5,10,14,17H,1,3,6-9H2/t14-/m1/s1. The highest BCUT2D eigenvalue weighted by Gasteiger charge is 2.21. The molecule has 1 heterocycles. The lowest BCUT2D eigenvalue weighted by Gasteiger charge is -2.34. The van der Waals surface area contributed by atoms with Crippen molar-refractivity contribution in [2.24, 2.45) is 0 Å². The van der Waals surface area contributed by atoms with Gasteiger partial charge in [0.2, 0.25) is 0 Å². The van der Waals surface area contributed by atoms with Crippen LogP contribution in [0, 0.1) is 5.82 Å². The van der Waals surface area contributed by atoms with Crippen LogP contribution in [0.4, 0.5) is 4.39 Å². The molecule has 0 unspecified atom stereocenters. The van der Waals surface area contributed by atoms with Gasteiger partial charge in [-0.05, 0) is 40.0 Å². The van der Waals surface area contributed by atoms with Gasteiger partial charge in [0.15, 0.2) is 0 Å². The number of piperazine rings is 1. The van der Waals surface area contributed by atoms with E-state index in [0.29, 0.717) is 4.47 Å². The molecule has 0 spiro atoms. The summed E-state index contributed by atoms with van der Waals surface area (Å²) in [5.41, 5.74) is 1.03. The van der Waals surface area contributed by atoms with Crippen LogP contribution in [0.1, 0.15) is 18.0 Å². The van der Waals surface area contributed by atoms with Gasteiger partial charge in [0.25, 0.3) is 0 Å². The SMILES string of the molecule is C=CC[C@H](c1ccc(Br)c(F)c1)N1CCNCC1. The van der Waals surface area contributed by atoms with Crippen LogP contribution in [0.15, 0.2) is 35.3 Å². The molecular weight excluding hydrogens is 295 g/mol. The van der Waals surface area contributed by atoms with Crippen molar-refractivity contribution in [3.63, 3.8) is 0 Å². The van der Waals surface area contributed by atoms with E-state index >= 15 is 0 Å². The second-order valence-corrected chi connectivity index (χ2v) is 5.35. The maximum absolute atomic E-state index is 13.6. The number of nitrogens with one attached hydrogen (secondary N) is 1. The smallest absolute Gasteiger partial charge is 0.137 e. The first kappa shape index (κ1) is 13.7. The molecule has 2 rings (SSSR count). The minimum absolute atomic E-state index is 0.198. The molecule has 1 fully saturated rings. The zero-order valence-corrected chi connectivity index (χ0v) is 11.9. The molecule has 0 saturated carbocycles. The normalized spacial score (nSPS) is 18.6. The van der Waals surface area contributed by atoms with Gasteiger partial charge in [0.1, 0.15) is 5.82 Å². The molecule has 4 heteroatoms. The minimum atomic E-state index is -0.198. The van der Waals surface area contributed by atoms with Crippen molar-refractivity contribution in [1.82, 2.24) is 10.2 Å². The van der Waals surface area contributed by atoms with Crippen LogP contribution in [-0.4, -0.2) is 31.1 Å². The van der Waals surface area contributed by atoms with E-state index in [1.54, 1.807) is 12.1 Å². The van der Waals surface area contributed by atoms with Crippen LogP contribution in [0.3, 0.4) is 0 Å². The van der Waals surface area contributed by atoms with Gasteiger partial charge < -0.3 is 5.32 Å². The van der Waals surface area contributed by atoms with E-state index in [2.05, 4.69) is 32.7 Å². The summed E-state index contributed by atoms with van der Waals surface area (Å²) in [4.78, 5) is 2.39. The predicted octanol–water partition coefficient (Wildman–Crippen LogP) is 3.11. The van der Waals surface area contributed by atoms with E-state index in [9.17, 15) is 4.39 Å². The quantitative estimate of drug-likeness (QED) is 0.859. The maximum atomic E-state index is 13.6. The summed E-state index contributed by atoms with van der Waals surface area (Å²) in [6.45, 7) is 7.79. The minimum Gasteiger partial charge on any atom is -0.314 e. The van der Waals surface area contributed by atoms with Gasteiger partial charge in [-0.1, -0.05) is 12.1 Å². The lowest BCUT2D eigenvalue weighted by atomic mass is 10.0. The number of rotatable bonds is 4. The first-order chi connectivity index (χ1) is 8.72. The zero-order valence-electron chi connectivity index (χ0n) is 10.3. The molecular formula is C14H18BrFN2. The van der Waals surface area contributed by atoms with E-state index in [-0.39, 0.29) is 11.9 Å². The average Bonchev–Trinajstić information content (AvgIpc) is 2.40. The molecule has 98 valence electrons. The van der Waals surface area contributed by atoms with Crippen molar-refractivity contribution >= 4 is 15.9 Å². The fourth-order valence-electron chi connectivity index (χ4n) is 2.37. The highest BCUT2D eigenvalue weighted by atomic mass is 79.9. The zero-order chi connectivity index (χ0) is 13.0. The van der Waals surface area contributed by atoms with Gasteiger partial charge in [-0.15, -0.1) is 6.58 Å². The van der Waals surface area contributed by atoms with Crippen molar-refractivity contribution < 1.29 is 4.39 Å². The summed E-state index contributed by atoms with van der Waals surface area (Å²) in [5, 5.41) is 3.33. The highest BCUT2D eigenvalue weighted by Crippen LogP contribution is 2.27. The molecule has 1 atom stereocenters. The lowest BCUT2D eigenvalue weighted by molar-refractivity contribution is 0.174. The first-order valence-electron chi connectivity index (χ1n) is 6.23. The van der Waals surface area contributed by atoms with Crippen LogP contribution in [0.5, 0.6) is 0 Å². The van der Waals surface area contributed by atoms with Crippen molar-refractivity contribution in [1.29, 1.82) is 0 Å². The molecule has 1 aromatic carbocycles. The Balaban J connectivity index is 2.22. The second-order valence-electron chi connectivity index (χ2n) is 4.50. The first-order valence-corrected chi connectivity index (χ1v) is 7.02. The van der Waals surface area contributed by atoms with E-state index in [1.165, 1.54) is 0 Å². The van der Waals surface area contributed by atoms with Crippen molar-refractivity contribution in [3.05, 3.63) is 46.7 Å². The van der Waals surface area contributed by atoms with E-state index in [0.717, 1.165) is 38.2 Å². The summed E-state index contributed by atoms with van der Waals surface area (Å²) in [6.07, 6.45) is 2.76. The summed E-state index contributed by atoms with van der Waals surface area (Å²) >= 11 is 3.19. The van der Waals surface area contributed by atoms with Gasteiger partial charge in [-0.3, -0.25) is 4.90 Å². The molecule has 0 radical (unpaired) electrons. The van der Waals surface area contributed by atoms with Gasteiger partial charge >= 0.3 is 0 Å². The molecule has 1 saturated heterocycles. The Hall–Kier alpha value is -0.710. The topological polar surface area (TPSA) is 15.3 Å². The number of halogens is 2. The summed E-state index contributed by atoms with van der Waals surface area (Å²) in [6, 6.07) is 5.62. The monoisotopic (exact) mass is 312 g/mol. The molecule has 0 bridgehead atoms. The third kappa shape index (κ3) is 3.19. The van der Waals surface area contributed by atoms with Gasteiger partial charge in [0, 0.05) is 32.2 Å². The fraction of sp³-hybridized carbons (Fsp3) is 0.429. The summed E-state index contributed by atoms with van der Waals surface area (Å²) in [7, 11) is 0. The van der Waals surface area contributed by atoms with E-state index in [1.807, 2.05) is 12.1 Å². The number of hydrogen-bond donors (Lipinski definition) is 1. The fourth-order valence-corrected chi connectivity index (χ4v) is 2.61. The molecule has 1 aliphatic rings. The Morgan fingerprint density at radius 3 is 2.78 bits per heavy atom. The maximum Gasteiger partial charge on any atom is 0.137 e. The van der Waals surface area contributed by atoms with Crippen LogP contribution in [-0.2, 0) is 0 Å². The lowest BCUT2D eigenvalue weighted by Crippen LogP contribution is -2.45. The van der Waals surface area contributed by atoms with Crippen molar-refractivity contribution in [2.75, 3.05) is 26.2 Å². The van der Waals surface area contributed by atoms with Gasteiger partial charge in [-0.25, -0.2) is 4.39 Å². The Morgan fingerprint density at radius 2 is 2.17 bits per heavy atom. The largest absolute Gasteiger partial charge is 0.314 e. The van der Waals surface area contributed by atoms with Crippen molar-refractivity contribution in [2.45, 2.75) is 12.5 Å². The van der Waals surface area contributed by atoms with Crippen LogP contribution in [0.25, 0.3) is 0 Å². The molecule has 0 aromatic heterocycles. The third-order valence-corrected chi connectivity index (χ3v) is 3.95. The number of nitrogens with zero attached hydrogens (tertiary/aromatic N) is 1. The molecule has 1 N–H and O–H groups in total. The van der Waals surface area contributed by atoms with Crippen LogP contribution < -0.4 is 5.32 Å². The second kappa shape index (κ2) is 6.45. The Kier molecular flexibility index (Phi) is 4.92. The van der Waals surface area contributed by atoms with Crippen LogP contribution >= 0.6 is 15.9 Å². The number of benzene rings is 1. The molecule has 18 heavy (non-hydrogen) atoms. The predicted molar refractivity (Wildman–Crippen MR) is 76.1 cm³/mol. The van der Waals surface area contributed by atoms with E-state index < -0.39 is 0 Å². The van der Waals surface area contributed by atoms with E-state index in [4.69, 9.17) is 0 Å².